The minimum atomic E-state index is -1.57. The lowest BCUT2D eigenvalue weighted by atomic mass is 9.99. The molecule has 0 spiro atoms. The zero-order valence-corrected chi connectivity index (χ0v) is 47.5. The fraction of sp³-hybridized carbons (Fsp3) is 0.921. The lowest BCUT2D eigenvalue weighted by molar-refractivity contribution is -0.302. The van der Waals surface area contributed by atoms with Gasteiger partial charge in [0.25, 0.3) is 0 Å². The third-order valence-electron chi connectivity index (χ3n) is 15.3. The Hall–Kier alpha value is -1.33. The molecular weight excluding hydrogens is 899 g/mol. The summed E-state index contributed by atoms with van der Waals surface area (Å²) in [4.78, 5) is 13.1. The molecule has 9 heteroatoms. The maximum atomic E-state index is 13.1. The molecule has 7 atom stereocenters. The summed E-state index contributed by atoms with van der Waals surface area (Å²) < 4.78 is 11.3. The summed E-state index contributed by atoms with van der Waals surface area (Å²) >= 11 is 0. The molecule has 9 nitrogen and oxygen atoms in total. The molecule has 0 aromatic heterocycles. The monoisotopic (exact) mass is 1020 g/mol. The van der Waals surface area contributed by atoms with Crippen molar-refractivity contribution in [1.29, 1.82) is 0 Å². The van der Waals surface area contributed by atoms with Crippen molar-refractivity contribution >= 4 is 5.91 Å². The summed E-state index contributed by atoms with van der Waals surface area (Å²) in [7, 11) is 0. The molecule has 426 valence electrons. The molecule has 0 aliphatic carbocycles. The predicted molar refractivity (Wildman–Crippen MR) is 304 cm³/mol. The number of hydrogen-bond acceptors (Lipinski definition) is 8. The van der Waals surface area contributed by atoms with Gasteiger partial charge in [-0.3, -0.25) is 4.79 Å². The SMILES string of the molecule is CCCCCCCCCCCCCCCC/C=C/CC/C=C/C(O)C(COC1OC(CO)C(O)C(O)C1O)NC(=O)CCCCCCCCCCCCCCCCCCCCCCCCCCCCCCC. The smallest absolute Gasteiger partial charge is 0.220 e. The van der Waals surface area contributed by atoms with Gasteiger partial charge in [0.1, 0.15) is 24.4 Å². The molecular formula is C63H121NO8. The van der Waals surface area contributed by atoms with Crippen molar-refractivity contribution in [2.75, 3.05) is 13.2 Å². The predicted octanol–water partition coefficient (Wildman–Crippen LogP) is 16.1. The van der Waals surface area contributed by atoms with Gasteiger partial charge < -0.3 is 40.3 Å². The van der Waals surface area contributed by atoms with Crippen LogP contribution in [0.5, 0.6) is 0 Å². The van der Waals surface area contributed by atoms with E-state index in [1.807, 2.05) is 6.08 Å². The second-order valence-corrected chi connectivity index (χ2v) is 22.2. The molecule has 0 aromatic rings. The van der Waals surface area contributed by atoms with Crippen LogP contribution in [0.15, 0.2) is 24.3 Å². The Labute approximate surface area is 445 Å². The van der Waals surface area contributed by atoms with Gasteiger partial charge in [0, 0.05) is 6.42 Å². The van der Waals surface area contributed by atoms with Crippen molar-refractivity contribution in [2.24, 2.45) is 0 Å². The van der Waals surface area contributed by atoms with Crippen molar-refractivity contribution in [3.05, 3.63) is 24.3 Å². The maximum absolute atomic E-state index is 13.1. The van der Waals surface area contributed by atoms with Gasteiger partial charge >= 0.3 is 0 Å². The number of amides is 1. The average Bonchev–Trinajstić information content (AvgIpc) is 3.38. The Bertz CT molecular complexity index is 1180. The van der Waals surface area contributed by atoms with Gasteiger partial charge in [-0.05, 0) is 32.1 Å². The zero-order valence-electron chi connectivity index (χ0n) is 47.5. The van der Waals surface area contributed by atoms with Crippen LogP contribution in [0.1, 0.15) is 316 Å². The highest BCUT2D eigenvalue weighted by atomic mass is 16.7. The number of carbonyl (C=O) groups is 1. The van der Waals surface area contributed by atoms with E-state index in [4.69, 9.17) is 9.47 Å². The number of aliphatic hydroxyl groups is 5. The van der Waals surface area contributed by atoms with E-state index in [0.29, 0.717) is 6.42 Å². The molecule has 0 radical (unpaired) electrons. The molecule has 72 heavy (non-hydrogen) atoms. The van der Waals surface area contributed by atoms with E-state index >= 15 is 0 Å². The van der Waals surface area contributed by atoms with Crippen LogP contribution in [-0.2, 0) is 14.3 Å². The first-order valence-electron chi connectivity index (χ1n) is 31.6. The number of unbranched alkanes of at least 4 members (excludes halogenated alkanes) is 43. The van der Waals surface area contributed by atoms with Crippen LogP contribution in [0.3, 0.4) is 0 Å². The number of allylic oxidation sites excluding steroid dienone is 3. The summed E-state index contributed by atoms with van der Waals surface area (Å²) in [6.45, 7) is 3.81. The minimum absolute atomic E-state index is 0.179. The van der Waals surface area contributed by atoms with E-state index in [1.165, 1.54) is 257 Å². The Morgan fingerprint density at radius 1 is 0.458 bits per heavy atom. The standard InChI is InChI=1S/C63H121NO8/c1-3-5-7-9-11-13-15-17-19-21-23-25-26-27-28-29-30-31-32-33-35-37-39-41-43-45-47-49-51-53-59(67)64-56(55-71-63-62(70)61(69)60(68)58(54-65)72-63)57(66)52-50-48-46-44-42-40-38-36-34-24-22-20-18-16-14-12-10-8-6-4-2/h42,44,50,52,56-58,60-63,65-66,68-70H,3-41,43,45-49,51,53-55H2,1-2H3,(H,64,67)/b44-42+,52-50+. The average molecular weight is 1020 g/mol. The van der Waals surface area contributed by atoms with Crippen LogP contribution in [0.4, 0.5) is 0 Å². The van der Waals surface area contributed by atoms with Gasteiger partial charge in [-0.15, -0.1) is 0 Å². The van der Waals surface area contributed by atoms with Crippen LogP contribution < -0.4 is 5.32 Å². The number of ether oxygens (including phenoxy) is 2. The summed E-state index contributed by atoms with van der Waals surface area (Å²) in [5.41, 5.74) is 0. The van der Waals surface area contributed by atoms with Crippen molar-refractivity contribution in [3.8, 4) is 0 Å². The van der Waals surface area contributed by atoms with Crippen molar-refractivity contribution in [2.45, 2.75) is 358 Å². The molecule has 1 aliphatic heterocycles. The van der Waals surface area contributed by atoms with Gasteiger partial charge in [-0.1, -0.05) is 301 Å². The number of aliphatic hydroxyl groups excluding tert-OH is 5. The van der Waals surface area contributed by atoms with Crippen LogP contribution in [-0.4, -0.2) is 87.5 Å². The Morgan fingerprint density at radius 3 is 1.17 bits per heavy atom. The zero-order chi connectivity index (χ0) is 52.2. The Balaban J connectivity index is 2.16. The lowest BCUT2D eigenvalue weighted by Crippen LogP contribution is -2.60. The summed E-state index contributed by atoms with van der Waals surface area (Å²) in [6.07, 6.45) is 61.3. The van der Waals surface area contributed by atoms with Gasteiger partial charge in [0.15, 0.2) is 6.29 Å². The van der Waals surface area contributed by atoms with Gasteiger partial charge in [-0.2, -0.15) is 0 Å². The molecule has 1 aliphatic rings. The molecule has 1 saturated heterocycles. The lowest BCUT2D eigenvalue weighted by Gasteiger charge is -2.40. The Kier molecular flexibility index (Phi) is 50.6. The topological polar surface area (TPSA) is 149 Å². The second-order valence-electron chi connectivity index (χ2n) is 22.2. The molecule has 7 unspecified atom stereocenters. The fourth-order valence-corrected chi connectivity index (χ4v) is 10.3. The third kappa shape index (κ3) is 41.9. The molecule has 0 bridgehead atoms. The summed E-state index contributed by atoms with van der Waals surface area (Å²) in [5, 5.41) is 54.6. The Morgan fingerprint density at radius 2 is 0.792 bits per heavy atom. The number of rotatable bonds is 55. The van der Waals surface area contributed by atoms with E-state index in [2.05, 4.69) is 31.3 Å². The van der Waals surface area contributed by atoms with Crippen LogP contribution in [0.2, 0.25) is 0 Å². The van der Waals surface area contributed by atoms with E-state index in [-0.39, 0.29) is 12.5 Å². The fourth-order valence-electron chi connectivity index (χ4n) is 10.3. The largest absolute Gasteiger partial charge is 0.394 e. The van der Waals surface area contributed by atoms with Crippen LogP contribution in [0.25, 0.3) is 0 Å². The van der Waals surface area contributed by atoms with Crippen molar-refractivity contribution < 1.29 is 39.8 Å². The molecule has 1 heterocycles. The number of nitrogens with one attached hydrogen (secondary N) is 1. The highest BCUT2D eigenvalue weighted by Gasteiger charge is 2.44. The van der Waals surface area contributed by atoms with Gasteiger partial charge in [-0.25, -0.2) is 0 Å². The van der Waals surface area contributed by atoms with Gasteiger partial charge in [0.05, 0.1) is 25.4 Å². The minimum Gasteiger partial charge on any atom is -0.394 e. The molecule has 1 rings (SSSR count). The van der Waals surface area contributed by atoms with E-state index < -0.39 is 49.5 Å². The van der Waals surface area contributed by atoms with Crippen molar-refractivity contribution in [3.63, 3.8) is 0 Å². The summed E-state index contributed by atoms with van der Waals surface area (Å²) in [6, 6.07) is -0.819. The second kappa shape index (κ2) is 53.1. The molecule has 1 fully saturated rings. The first-order chi connectivity index (χ1) is 35.3. The van der Waals surface area contributed by atoms with Crippen LogP contribution in [0, 0.1) is 0 Å². The van der Waals surface area contributed by atoms with Gasteiger partial charge in [0.2, 0.25) is 5.91 Å². The van der Waals surface area contributed by atoms with E-state index in [1.54, 1.807) is 6.08 Å². The first kappa shape index (κ1) is 68.7. The third-order valence-corrected chi connectivity index (χ3v) is 15.3. The van der Waals surface area contributed by atoms with E-state index in [9.17, 15) is 30.3 Å². The first-order valence-corrected chi connectivity index (χ1v) is 31.6. The normalized spacial score (nSPS) is 19.2. The number of carbonyl (C=O) groups excluding carboxylic acids is 1. The summed E-state index contributed by atoms with van der Waals surface area (Å²) in [5.74, 6) is -0.179. The molecule has 1 amide bonds. The van der Waals surface area contributed by atoms with Crippen molar-refractivity contribution in [1.82, 2.24) is 5.32 Å². The van der Waals surface area contributed by atoms with E-state index in [0.717, 1.165) is 38.5 Å². The quantitative estimate of drug-likeness (QED) is 0.0261. The van der Waals surface area contributed by atoms with Crippen LogP contribution >= 0.6 is 0 Å². The molecule has 0 saturated carbocycles. The molecule has 0 aromatic carbocycles. The maximum Gasteiger partial charge on any atom is 0.220 e. The highest BCUT2D eigenvalue weighted by molar-refractivity contribution is 5.76. The molecule has 6 N–H and O–H groups in total. The highest BCUT2D eigenvalue weighted by Crippen LogP contribution is 2.23. The number of hydrogen-bond donors (Lipinski definition) is 6.